The summed E-state index contributed by atoms with van der Waals surface area (Å²) < 4.78 is 4.76. The van der Waals surface area contributed by atoms with E-state index in [-0.39, 0.29) is 18.9 Å². The summed E-state index contributed by atoms with van der Waals surface area (Å²) >= 11 is 0. The smallest absolute Gasteiger partial charge is 0.329 e. The van der Waals surface area contributed by atoms with Crippen LogP contribution in [0.1, 0.15) is 17.3 Å². The van der Waals surface area contributed by atoms with Gasteiger partial charge in [0.1, 0.15) is 6.61 Å². The maximum atomic E-state index is 11.5. The molecular weight excluding hydrogens is 264 g/mol. The Hall–Kier alpha value is -2.41. The van der Waals surface area contributed by atoms with Crippen molar-refractivity contribution in [3.63, 3.8) is 0 Å². The van der Waals surface area contributed by atoms with E-state index in [9.17, 15) is 14.4 Å². The standard InChI is InChI=1S/C13H16N2O5/c1-9(16)10-2-4-11(5-3-10)15-13(19)14-6-7-20-8-12(17)18/h2-5H,6-8H2,1H3,(H,17,18)(H2,14,15,19). The third-order valence-electron chi connectivity index (χ3n) is 2.31. The molecule has 7 nitrogen and oxygen atoms in total. The van der Waals surface area contributed by atoms with E-state index >= 15 is 0 Å². The highest BCUT2D eigenvalue weighted by Gasteiger charge is 2.03. The number of carbonyl (C=O) groups excluding carboxylic acids is 2. The summed E-state index contributed by atoms with van der Waals surface area (Å²) in [6.07, 6.45) is 0. The second-order valence-electron chi connectivity index (χ2n) is 3.96. The van der Waals surface area contributed by atoms with Crippen molar-refractivity contribution in [1.29, 1.82) is 0 Å². The van der Waals surface area contributed by atoms with E-state index < -0.39 is 18.6 Å². The van der Waals surface area contributed by atoms with Crippen molar-refractivity contribution in [2.75, 3.05) is 25.1 Å². The number of ether oxygens (including phenoxy) is 1. The Bertz CT molecular complexity index is 484. The molecule has 0 saturated heterocycles. The minimum Gasteiger partial charge on any atom is -0.480 e. The van der Waals surface area contributed by atoms with Crippen molar-refractivity contribution < 1.29 is 24.2 Å². The van der Waals surface area contributed by atoms with Crippen LogP contribution < -0.4 is 10.6 Å². The van der Waals surface area contributed by atoms with Gasteiger partial charge in [-0.1, -0.05) is 0 Å². The predicted molar refractivity (Wildman–Crippen MR) is 71.9 cm³/mol. The van der Waals surface area contributed by atoms with E-state index in [2.05, 4.69) is 10.6 Å². The normalized spacial score (nSPS) is 9.85. The van der Waals surface area contributed by atoms with Crippen molar-refractivity contribution in [1.82, 2.24) is 5.32 Å². The molecule has 3 N–H and O–H groups in total. The van der Waals surface area contributed by atoms with Crippen LogP contribution in [0, 0.1) is 0 Å². The van der Waals surface area contributed by atoms with Crippen molar-refractivity contribution in [2.24, 2.45) is 0 Å². The first kappa shape index (κ1) is 15.6. The van der Waals surface area contributed by atoms with E-state index in [0.717, 1.165) is 0 Å². The van der Waals surface area contributed by atoms with E-state index in [1.165, 1.54) is 6.92 Å². The number of nitrogens with one attached hydrogen (secondary N) is 2. The average Bonchev–Trinajstić information content (AvgIpc) is 2.38. The van der Waals surface area contributed by atoms with Gasteiger partial charge >= 0.3 is 12.0 Å². The number of amides is 2. The molecule has 0 aliphatic heterocycles. The molecule has 20 heavy (non-hydrogen) atoms. The third-order valence-corrected chi connectivity index (χ3v) is 2.31. The van der Waals surface area contributed by atoms with Gasteiger partial charge < -0.3 is 20.5 Å². The number of Topliss-reactive ketones (excluding diaryl/α,β-unsaturated/α-hetero) is 1. The molecule has 7 heteroatoms. The Morgan fingerprint density at radius 2 is 1.85 bits per heavy atom. The van der Waals surface area contributed by atoms with Crippen LogP contribution in [0.3, 0.4) is 0 Å². The Morgan fingerprint density at radius 3 is 2.40 bits per heavy atom. The maximum absolute atomic E-state index is 11.5. The van der Waals surface area contributed by atoms with Crippen LogP contribution in [0.4, 0.5) is 10.5 Å². The van der Waals surface area contributed by atoms with E-state index in [0.29, 0.717) is 11.3 Å². The first-order valence-corrected chi connectivity index (χ1v) is 5.94. The molecule has 1 aromatic carbocycles. The van der Waals surface area contributed by atoms with Crippen molar-refractivity contribution in [3.8, 4) is 0 Å². The zero-order valence-corrected chi connectivity index (χ0v) is 11.0. The van der Waals surface area contributed by atoms with Crippen LogP contribution in [0.15, 0.2) is 24.3 Å². The molecule has 0 saturated carbocycles. The molecule has 0 fully saturated rings. The van der Waals surface area contributed by atoms with Crippen LogP contribution in [0.5, 0.6) is 0 Å². The number of hydrogen-bond donors (Lipinski definition) is 3. The monoisotopic (exact) mass is 280 g/mol. The van der Waals surface area contributed by atoms with Crippen LogP contribution in [-0.2, 0) is 9.53 Å². The second kappa shape index (κ2) is 7.90. The quantitative estimate of drug-likeness (QED) is 0.512. The number of hydrogen-bond acceptors (Lipinski definition) is 4. The van der Waals surface area contributed by atoms with Gasteiger partial charge in [-0.2, -0.15) is 0 Å². The van der Waals surface area contributed by atoms with Gasteiger partial charge in [-0.15, -0.1) is 0 Å². The van der Waals surface area contributed by atoms with Gasteiger partial charge in [-0.25, -0.2) is 9.59 Å². The van der Waals surface area contributed by atoms with Gasteiger partial charge in [-0.3, -0.25) is 4.79 Å². The number of urea groups is 1. The van der Waals surface area contributed by atoms with Gasteiger partial charge in [-0.05, 0) is 31.2 Å². The largest absolute Gasteiger partial charge is 0.480 e. The number of carboxylic acids is 1. The topological polar surface area (TPSA) is 105 Å². The summed E-state index contributed by atoms with van der Waals surface area (Å²) in [5, 5.41) is 13.4. The Kier molecular flexibility index (Phi) is 6.18. The average molecular weight is 280 g/mol. The molecule has 0 aliphatic carbocycles. The summed E-state index contributed by atoms with van der Waals surface area (Å²) in [7, 11) is 0. The highest BCUT2D eigenvalue weighted by molar-refractivity contribution is 5.95. The SMILES string of the molecule is CC(=O)c1ccc(NC(=O)NCCOCC(=O)O)cc1. The minimum absolute atomic E-state index is 0.0448. The van der Waals surface area contributed by atoms with Crippen LogP contribution in [0.25, 0.3) is 0 Å². The van der Waals surface area contributed by atoms with E-state index in [1.54, 1.807) is 24.3 Å². The number of benzene rings is 1. The molecule has 2 amide bonds. The number of aliphatic carboxylic acids is 1. The summed E-state index contributed by atoms with van der Waals surface area (Å²) in [6.45, 7) is 1.38. The first-order valence-electron chi connectivity index (χ1n) is 5.94. The van der Waals surface area contributed by atoms with Gasteiger partial charge in [0, 0.05) is 17.8 Å². The molecule has 0 aliphatic rings. The lowest BCUT2D eigenvalue weighted by molar-refractivity contribution is -0.142. The summed E-state index contributed by atoms with van der Waals surface area (Å²) in [5.74, 6) is -1.10. The van der Waals surface area contributed by atoms with Crippen LogP contribution in [-0.4, -0.2) is 42.6 Å². The lowest BCUT2D eigenvalue weighted by Gasteiger charge is -2.08. The highest BCUT2D eigenvalue weighted by atomic mass is 16.5. The number of ketones is 1. The zero-order chi connectivity index (χ0) is 15.0. The lowest BCUT2D eigenvalue weighted by Crippen LogP contribution is -2.31. The predicted octanol–water partition coefficient (Wildman–Crippen LogP) is 1.11. The molecule has 0 aromatic heterocycles. The summed E-state index contributed by atoms with van der Waals surface area (Å²) in [6, 6.07) is 6.05. The highest BCUT2D eigenvalue weighted by Crippen LogP contribution is 2.09. The van der Waals surface area contributed by atoms with Gasteiger partial charge in [0.05, 0.1) is 6.61 Å². The molecule has 1 rings (SSSR count). The summed E-state index contributed by atoms with van der Waals surface area (Å²) in [4.78, 5) is 32.7. The van der Waals surface area contributed by atoms with Gasteiger partial charge in [0.25, 0.3) is 0 Å². The van der Waals surface area contributed by atoms with Gasteiger partial charge in [0.2, 0.25) is 0 Å². The molecule has 108 valence electrons. The molecule has 0 bridgehead atoms. The molecule has 0 heterocycles. The van der Waals surface area contributed by atoms with E-state index in [1.807, 2.05) is 0 Å². The third kappa shape index (κ3) is 5.96. The summed E-state index contributed by atoms with van der Waals surface area (Å²) in [5.41, 5.74) is 1.12. The van der Waals surface area contributed by atoms with Gasteiger partial charge in [0.15, 0.2) is 5.78 Å². The maximum Gasteiger partial charge on any atom is 0.329 e. The fourth-order valence-electron chi connectivity index (χ4n) is 1.36. The molecule has 0 radical (unpaired) electrons. The number of anilines is 1. The number of carboxylic acid groups (broad SMARTS) is 1. The fraction of sp³-hybridized carbons (Fsp3) is 0.308. The van der Waals surface area contributed by atoms with Crippen molar-refractivity contribution in [3.05, 3.63) is 29.8 Å². The Labute approximate surface area is 115 Å². The molecule has 0 spiro atoms. The Morgan fingerprint density at radius 1 is 1.20 bits per heavy atom. The van der Waals surface area contributed by atoms with Crippen molar-refractivity contribution in [2.45, 2.75) is 6.92 Å². The zero-order valence-electron chi connectivity index (χ0n) is 11.0. The lowest BCUT2D eigenvalue weighted by atomic mass is 10.1. The molecule has 1 aromatic rings. The number of carbonyl (C=O) groups is 3. The second-order valence-corrected chi connectivity index (χ2v) is 3.96. The molecule has 0 atom stereocenters. The van der Waals surface area contributed by atoms with E-state index in [4.69, 9.17) is 9.84 Å². The fourth-order valence-corrected chi connectivity index (χ4v) is 1.36. The van der Waals surface area contributed by atoms with Crippen LogP contribution in [0.2, 0.25) is 0 Å². The number of rotatable bonds is 7. The minimum atomic E-state index is -1.06. The molecular formula is C13H16N2O5. The first-order chi connectivity index (χ1) is 9.49. The van der Waals surface area contributed by atoms with Crippen molar-refractivity contribution >= 4 is 23.5 Å². The van der Waals surface area contributed by atoms with Crippen LogP contribution >= 0.6 is 0 Å². The molecule has 0 unspecified atom stereocenters. The Balaban J connectivity index is 2.28.